The van der Waals surface area contributed by atoms with Crippen molar-refractivity contribution in [2.24, 2.45) is 0 Å². The topological polar surface area (TPSA) is 15.3 Å². The molecule has 1 aliphatic rings. The summed E-state index contributed by atoms with van der Waals surface area (Å²) >= 11 is 0. The van der Waals surface area contributed by atoms with Crippen LogP contribution in [-0.2, 0) is 6.18 Å². The first kappa shape index (κ1) is 15.2. The largest absolute Gasteiger partial charge is 0.416 e. The van der Waals surface area contributed by atoms with Gasteiger partial charge in [0.05, 0.1) is 11.6 Å². The van der Waals surface area contributed by atoms with Crippen molar-refractivity contribution in [3.05, 3.63) is 35.4 Å². The van der Waals surface area contributed by atoms with Gasteiger partial charge < -0.3 is 5.32 Å². The molecular weight excluding hydrogens is 279 g/mol. The maximum atomic E-state index is 13.3. The maximum absolute atomic E-state index is 13.3. The van der Waals surface area contributed by atoms with Crippen molar-refractivity contribution >= 4 is 0 Å². The van der Waals surface area contributed by atoms with Gasteiger partial charge in [-0.25, -0.2) is 8.78 Å². The second-order valence-corrected chi connectivity index (χ2v) is 4.69. The molecule has 1 atom stereocenters. The fourth-order valence-electron chi connectivity index (χ4n) is 2.37. The third-order valence-corrected chi connectivity index (χ3v) is 3.34. The smallest absolute Gasteiger partial charge is 0.314 e. The van der Waals surface area contributed by atoms with Gasteiger partial charge in [-0.2, -0.15) is 13.2 Å². The lowest BCUT2D eigenvalue weighted by molar-refractivity contribution is -0.137. The van der Waals surface area contributed by atoms with E-state index in [1.54, 1.807) is 0 Å². The highest BCUT2D eigenvalue weighted by Crippen LogP contribution is 2.34. The van der Waals surface area contributed by atoms with Gasteiger partial charge in [-0.3, -0.25) is 4.90 Å². The number of hydrogen-bond donors (Lipinski definition) is 1. The first-order valence-electron chi connectivity index (χ1n) is 6.29. The molecule has 0 spiro atoms. The van der Waals surface area contributed by atoms with E-state index in [0.717, 1.165) is 12.1 Å². The Morgan fingerprint density at radius 2 is 1.75 bits per heavy atom. The summed E-state index contributed by atoms with van der Waals surface area (Å²) in [5.41, 5.74) is -0.882. The Kier molecular flexibility index (Phi) is 4.59. The fourth-order valence-corrected chi connectivity index (χ4v) is 2.37. The molecule has 1 N–H and O–H groups in total. The van der Waals surface area contributed by atoms with E-state index in [1.807, 2.05) is 0 Å². The number of hydrogen-bond acceptors (Lipinski definition) is 2. The van der Waals surface area contributed by atoms with Gasteiger partial charge in [-0.05, 0) is 17.7 Å². The second kappa shape index (κ2) is 6.05. The fraction of sp³-hybridized carbons (Fsp3) is 0.538. The molecule has 112 valence electrons. The van der Waals surface area contributed by atoms with Crippen molar-refractivity contribution < 1.29 is 22.0 Å². The summed E-state index contributed by atoms with van der Waals surface area (Å²) in [6.07, 6.45) is -7.25. The molecule has 0 aliphatic carbocycles. The van der Waals surface area contributed by atoms with Crippen LogP contribution >= 0.6 is 0 Å². The van der Waals surface area contributed by atoms with Crippen LogP contribution in [0.4, 0.5) is 22.0 Å². The zero-order valence-corrected chi connectivity index (χ0v) is 10.6. The lowest BCUT2D eigenvalue weighted by Crippen LogP contribution is -2.46. The Bertz CT molecular complexity index is 441. The highest BCUT2D eigenvalue weighted by Gasteiger charge is 2.34. The first-order valence-corrected chi connectivity index (χ1v) is 6.29. The number of alkyl halides is 5. The second-order valence-electron chi connectivity index (χ2n) is 4.69. The van der Waals surface area contributed by atoms with Gasteiger partial charge >= 0.3 is 6.18 Å². The summed E-state index contributed by atoms with van der Waals surface area (Å²) in [4.78, 5) is 1.52. The minimum atomic E-state index is -4.52. The van der Waals surface area contributed by atoms with Crippen LogP contribution in [-0.4, -0.2) is 37.5 Å². The summed E-state index contributed by atoms with van der Waals surface area (Å²) in [6, 6.07) is 2.92. The highest BCUT2D eigenvalue weighted by atomic mass is 19.4. The number of halogens is 5. The van der Waals surface area contributed by atoms with Gasteiger partial charge in [0.1, 0.15) is 0 Å². The molecule has 1 saturated heterocycles. The van der Waals surface area contributed by atoms with Crippen molar-refractivity contribution in [2.45, 2.75) is 18.6 Å². The van der Waals surface area contributed by atoms with E-state index in [-0.39, 0.29) is 5.56 Å². The van der Waals surface area contributed by atoms with Crippen molar-refractivity contribution in [3.8, 4) is 0 Å². The minimum Gasteiger partial charge on any atom is -0.314 e. The molecule has 2 rings (SSSR count). The summed E-state index contributed by atoms with van der Waals surface area (Å²) in [5, 5.41) is 3.03. The van der Waals surface area contributed by atoms with Crippen LogP contribution in [0.3, 0.4) is 0 Å². The predicted octanol–water partition coefficient (Wildman–Crippen LogP) is 2.92. The predicted molar refractivity (Wildman–Crippen MR) is 64.6 cm³/mol. The summed E-state index contributed by atoms with van der Waals surface area (Å²) in [7, 11) is 0. The Morgan fingerprint density at radius 3 is 2.30 bits per heavy atom. The molecule has 20 heavy (non-hydrogen) atoms. The average Bonchev–Trinajstić information content (AvgIpc) is 2.39. The maximum Gasteiger partial charge on any atom is 0.416 e. The Morgan fingerprint density at radius 1 is 1.10 bits per heavy atom. The van der Waals surface area contributed by atoms with E-state index >= 15 is 0 Å². The molecule has 7 heteroatoms. The number of nitrogens with one attached hydrogen (secondary N) is 1. The van der Waals surface area contributed by atoms with Crippen molar-refractivity contribution in [1.29, 1.82) is 0 Å². The van der Waals surface area contributed by atoms with Gasteiger partial charge in [0, 0.05) is 26.2 Å². The molecule has 1 aromatic rings. The van der Waals surface area contributed by atoms with Crippen molar-refractivity contribution in [3.63, 3.8) is 0 Å². The number of nitrogens with zero attached hydrogens (tertiary/aromatic N) is 1. The van der Waals surface area contributed by atoms with Gasteiger partial charge in [0.25, 0.3) is 6.43 Å². The standard InChI is InChI=1S/C13H15F5N2/c14-12(15)11(20-6-4-19-5-7-20)9-2-1-3-10(8-9)13(16,17)18/h1-3,8,11-12,19H,4-7H2/t11-/m0/s1. The van der Waals surface area contributed by atoms with E-state index in [2.05, 4.69) is 5.32 Å². The molecule has 0 saturated carbocycles. The van der Waals surface area contributed by atoms with Gasteiger partial charge in [-0.15, -0.1) is 0 Å². The first-order chi connectivity index (χ1) is 9.39. The van der Waals surface area contributed by atoms with Crippen LogP contribution < -0.4 is 5.32 Å². The molecule has 0 amide bonds. The molecule has 0 aromatic heterocycles. The van der Waals surface area contributed by atoms with Crippen LogP contribution in [0.15, 0.2) is 24.3 Å². The monoisotopic (exact) mass is 294 g/mol. The van der Waals surface area contributed by atoms with E-state index in [1.165, 1.54) is 17.0 Å². The molecule has 0 unspecified atom stereocenters. The number of rotatable bonds is 3. The third kappa shape index (κ3) is 3.46. The van der Waals surface area contributed by atoms with Crippen LogP contribution in [0.2, 0.25) is 0 Å². The number of piperazine rings is 1. The van der Waals surface area contributed by atoms with E-state index in [4.69, 9.17) is 0 Å². The zero-order chi connectivity index (χ0) is 14.8. The molecule has 1 heterocycles. The molecular formula is C13H15F5N2. The summed E-state index contributed by atoms with van der Waals surface area (Å²) in [6.45, 7) is 1.90. The quantitative estimate of drug-likeness (QED) is 0.862. The lowest BCUT2D eigenvalue weighted by Gasteiger charge is -2.34. The molecule has 0 bridgehead atoms. The highest BCUT2D eigenvalue weighted by molar-refractivity contribution is 5.28. The van der Waals surface area contributed by atoms with Gasteiger partial charge in [0.15, 0.2) is 0 Å². The van der Waals surface area contributed by atoms with Gasteiger partial charge in [-0.1, -0.05) is 12.1 Å². The molecule has 0 radical (unpaired) electrons. The Balaban J connectivity index is 2.29. The minimum absolute atomic E-state index is 0.0109. The lowest BCUT2D eigenvalue weighted by atomic mass is 10.0. The summed E-state index contributed by atoms with van der Waals surface area (Å²) in [5.74, 6) is 0. The molecule has 1 aliphatic heterocycles. The van der Waals surface area contributed by atoms with Crippen molar-refractivity contribution in [1.82, 2.24) is 10.2 Å². The van der Waals surface area contributed by atoms with E-state index < -0.39 is 24.2 Å². The Labute approximate surface area is 113 Å². The molecule has 1 fully saturated rings. The summed E-state index contributed by atoms with van der Waals surface area (Å²) < 4.78 is 64.5. The SMILES string of the molecule is FC(F)[C@H](c1cccc(C(F)(F)F)c1)N1CCNCC1. The Hall–Kier alpha value is -1.21. The van der Waals surface area contributed by atoms with Crippen molar-refractivity contribution in [2.75, 3.05) is 26.2 Å². The number of benzene rings is 1. The van der Waals surface area contributed by atoms with Crippen LogP contribution in [0.25, 0.3) is 0 Å². The normalized spacial score (nSPS) is 19.3. The van der Waals surface area contributed by atoms with Crippen LogP contribution in [0.5, 0.6) is 0 Å². The molecule has 1 aromatic carbocycles. The van der Waals surface area contributed by atoms with E-state index in [0.29, 0.717) is 26.2 Å². The van der Waals surface area contributed by atoms with Crippen LogP contribution in [0.1, 0.15) is 17.2 Å². The van der Waals surface area contributed by atoms with Gasteiger partial charge in [0.2, 0.25) is 0 Å². The van der Waals surface area contributed by atoms with Crippen LogP contribution in [0, 0.1) is 0 Å². The third-order valence-electron chi connectivity index (χ3n) is 3.34. The zero-order valence-electron chi connectivity index (χ0n) is 10.6. The average molecular weight is 294 g/mol. The van der Waals surface area contributed by atoms with E-state index in [9.17, 15) is 22.0 Å². The molecule has 2 nitrogen and oxygen atoms in total.